The molecule has 0 saturated heterocycles. The van der Waals surface area contributed by atoms with Crippen LogP contribution in [0.15, 0.2) is 77.6 Å². The van der Waals surface area contributed by atoms with E-state index >= 15 is 0 Å². The summed E-state index contributed by atoms with van der Waals surface area (Å²) in [6, 6.07) is 21.5. The molecule has 1 aromatic heterocycles. The molecule has 0 aliphatic heterocycles. The Bertz CT molecular complexity index is 1340. The van der Waals surface area contributed by atoms with E-state index in [0.29, 0.717) is 33.5 Å². The van der Waals surface area contributed by atoms with E-state index in [9.17, 15) is 9.59 Å². The molecule has 4 rings (SSSR count). The Morgan fingerprint density at radius 1 is 1.03 bits per heavy atom. The summed E-state index contributed by atoms with van der Waals surface area (Å²) < 4.78 is 7.03. The maximum absolute atomic E-state index is 12.9. The van der Waals surface area contributed by atoms with E-state index in [1.165, 1.54) is 4.57 Å². The first-order chi connectivity index (χ1) is 14.6. The predicted octanol–water partition coefficient (Wildman–Crippen LogP) is 3.99. The highest BCUT2D eigenvalue weighted by Crippen LogP contribution is 2.17. The molecule has 4 aromatic rings. The van der Waals surface area contributed by atoms with Gasteiger partial charge in [0.1, 0.15) is 5.75 Å². The largest absolute Gasteiger partial charge is 0.496 e. The monoisotopic (exact) mass is 417 g/mol. The van der Waals surface area contributed by atoms with Crippen molar-refractivity contribution in [2.24, 2.45) is 0 Å². The van der Waals surface area contributed by atoms with E-state index in [2.05, 4.69) is 10.3 Å². The van der Waals surface area contributed by atoms with Crippen molar-refractivity contribution in [1.82, 2.24) is 14.9 Å². The van der Waals surface area contributed by atoms with Crippen LogP contribution in [0.25, 0.3) is 16.6 Å². The fourth-order valence-electron chi connectivity index (χ4n) is 3.29. The van der Waals surface area contributed by atoms with Gasteiger partial charge in [-0.05, 0) is 54.7 Å². The molecule has 0 atom stereocenters. The number of hydrogen-bond acceptors (Lipinski definition) is 4. The number of rotatable bonds is 5. The van der Waals surface area contributed by atoms with Gasteiger partial charge in [0.05, 0.1) is 23.7 Å². The average molecular weight is 417 g/mol. The van der Waals surface area contributed by atoms with Crippen molar-refractivity contribution in [3.63, 3.8) is 0 Å². The topological polar surface area (TPSA) is 76.1 Å². The zero-order valence-corrected chi connectivity index (χ0v) is 17.0. The van der Waals surface area contributed by atoms with Gasteiger partial charge in [-0.3, -0.25) is 14.2 Å². The Kier molecular flexibility index (Phi) is 5.45. The van der Waals surface area contributed by atoms with E-state index in [0.717, 1.165) is 11.3 Å². The quantitative estimate of drug-likeness (QED) is 0.482. The third kappa shape index (κ3) is 3.75. The number of nitrogens with one attached hydrogen (secondary N) is 2. The number of carbonyl (C=O) groups excluding carboxylic acids is 1. The molecule has 0 aliphatic rings. The molecule has 0 unspecified atom stereocenters. The van der Waals surface area contributed by atoms with E-state index < -0.39 is 0 Å². The first-order valence-electron chi connectivity index (χ1n) is 9.33. The van der Waals surface area contributed by atoms with Gasteiger partial charge in [0.2, 0.25) is 0 Å². The minimum absolute atomic E-state index is 0.206. The molecule has 0 bridgehead atoms. The number of aromatic nitrogens is 2. The van der Waals surface area contributed by atoms with E-state index in [4.69, 9.17) is 17.0 Å². The van der Waals surface area contributed by atoms with Crippen molar-refractivity contribution in [1.29, 1.82) is 0 Å². The standard InChI is InChI=1S/C23H19N3O3S/c1-29-20-9-5-2-6-16(20)14-24-21(27)15-10-12-17(13-11-15)26-22(28)18-7-3-4-8-19(18)25-23(26)30/h2-13H,14H2,1H3,(H,24,27)(H,25,30). The van der Waals surface area contributed by atoms with Crippen molar-refractivity contribution in [3.8, 4) is 11.4 Å². The van der Waals surface area contributed by atoms with Crippen molar-refractivity contribution in [2.45, 2.75) is 6.54 Å². The number of hydrogen-bond donors (Lipinski definition) is 2. The molecule has 0 saturated carbocycles. The van der Waals surface area contributed by atoms with Gasteiger partial charge in [0, 0.05) is 17.7 Å². The van der Waals surface area contributed by atoms with Gasteiger partial charge in [0.15, 0.2) is 4.77 Å². The Morgan fingerprint density at radius 2 is 1.73 bits per heavy atom. The van der Waals surface area contributed by atoms with Crippen LogP contribution in [0.1, 0.15) is 15.9 Å². The lowest BCUT2D eigenvalue weighted by atomic mass is 10.1. The van der Waals surface area contributed by atoms with Gasteiger partial charge in [0.25, 0.3) is 11.5 Å². The molecule has 0 radical (unpaired) electrons. The number of carbonyl (C=O) groups is 1. The lowest BCUT2D eigenvalue weighted by Gasteiger charge is -2.11. The zero-order valence-electron chi connectivity index (χ0n) is 16.2. The Morgan fingerprint density at radius 3 is 2.50 bits per heavy atom. The van der Waals surface area contributed by atoms with Gasteiger partial charge in [-0.25, -0.2) is 0 Å². The second-order valence-electron chi connectivity index (χ2n) is 6.66. The van der Waals surface area contributed by atoms with Crippen molar-refractivity contribution in [3.05, 3.63) is 99.0 Å². The van der Waals surface area contributed by atoms with Crippen LogP contribution in [0.5, 0.6) is 5.75 Å². The maximum Gasteiger partial charge on any atom is 0.266 e. The second-order valence-corrected chi connectivity index (χ2v) is 7.04. The molecule has 6 nitrogen and oxygen atoms in total. The summed E-state index contributed by atoms with van der Waals surface area (Å²) in [6.45, 7) is 0.347. The highest BCUT2D eigenvalue weighted by Gasteiger charge is 2.10. The number of H-pyrrole nitrogens is 1. The number of para-hydroxylation sites is 2. The third-order valence-electron chi connectivity index (χ3n) is 4.82. The highest BCUT2D eigenvalue weighted by atomic mass is 32.1. The third-order valence-corrected chi connectivity index (χ3v) is 5.11. The number of fused-ring (bicyclic) bond motifs is 1. The van der Waals surface area contributed by atoms with Gasteiger partial charge in [-0.2, -0.15) is 0 Å². The fourth-order valence-corrected chi connectivity index (χ4v) is 3.58. The summed E-state index contributed by atoms with van der Waals surface area (Å²) in [4.78, 5) is 28.5. The Labute approximate surface area is 177 Å². The van der Waals surface area contributed by atoms with Crippen LogP contribution < -0.4 is 15.6 Å². The van der Waals surface area contributed by atoms with Crippen LogP contribution in [-0.2, 0) is 6.54 Å². The SMILES string of the molecule is COc1ccccc1CNC(=O)c1ccc(-n2c(=S)[nH]c3ccccc3c2=O)cc1. The number of benzene rings is 3. The van der Waals surface area contributed by atoms with Crippen molar-refractivity contribution >= 4 is 29.0 Å². The summed E-state index contributed by atoms with van der Waals surface area (Å²) in [6.07, 6.45) is 0. The summed E-state index contributed by atoms with van der Waals surface area (Å²) in [5.74, 6) is 0.501. The second kappa shape index (κ2) is 8.34. The molecular formula is C23H19N3O3S. The molecule has 30 heavy (non-hydrogen) atoms. The number of ether oxygens (including phenoxy) is 1. The fraction of sp³-hybridized carbons (Fsp3) is 0.0870. The van der Waals surface area contributed by atoms with Crippen LogP contribution in [0, 0.1) is 4.77 Å². The Balaban J connectivity index is 1.57. The van der Waals surface area contributed by atoms with E-state index in [-0.39, 0.29) is 11.5 Å². The van der Waals surface area contributed by atoms with E-state index in [1.807, 2.05) is 36.4 Å². The van der Waals surface area contributed by atoms with Crippen LogP contribution in [0.4, 0.5) is 0 Å². The van der Waals surface area contributed by atoms with Crippen LogP contribution in [0.2, 0.25) is 0 Å². The van der Waals surface area contributed by atoms with Gasteiger partial charge in [-0.1, -0.05) is 30.3 Å². The number of amides is 1. The number of methoxy groups -OCH3 is 1. The van der Waals surface area contributed by atoms with Crippen LogP contribution >= 0.6 is 12.2 Å². The first-order valence-corrected chi connectivity index (χ1v) is 9.74. The minimum Gasteiger partial charge on any atom is -0.496 e. The number of aromatic amines is 1. The molecule has 0 fully saturated rings. The normalized spacial score (nSPS) is 10.7. The maximum atomic E-state index is 12.9. The molecule has 1 heterocycles. The molecular weight excluding hydrogens is 398 g/mol. The lowest BCUT2D eigenvalue weighted by Crippen LogP contribution is -2.23. The summed E-state index contributed by atoms with van der Waals surface area (Å²) >= 11 is 5.37. The van der Waals surface area contributed by atoms with Crippen LogP contribution in [-0.4, -0.2) is 22.6 Å². The zero-order chi connectivity index (χ0) is 21.1. The molecule has 150 valence electrons. The minimum atomic E-state index is -0.219. The Hall–Kier alpha value is -3.71. The molecule has 0 spiro atoms. The lowest BCUT2D eigenvalue weighted by molar-refractivity contribution is 0.0950. The van der Waals surface area contributed by atoms with Crippen molar-refractivity contribution in [2.75, 3.05) is 7.11 Å². The molecule has 2 N–H and O–H groups in total. The predicted molar refractivity (Wildman–Crippen MR) is 119 cm³/mol. The van der Waals surface area contributed by atoms with E-state index in [1.54, 1.807) is 43.5 Å². The van der Waals surface area contributed by atoms with Gasteiger partial charge in [-0.15, -0.1) is 0 Å². The first kappa shape index (κ1) is 19.6. The number of nitrogens with zero attached hydrogens (tertiary/aromatic N) is 1. The average Bonchev–Trinajstić information content (AvgIpc) is 2.78. The highest BCUT2D eigenvalue weighted by molar-refractivity contribution is 7.71. The summed E-state index contributed by atoms with van der Waals surface area (Å²) in [7, 11) is 1.60. The summed E-state index contributed by atoms with van der Waals surface area (Å²) in [5.41, 5.74) is 2.45. The smallest absolute Gasteiger partial charge is 0.266 e. The molecule has 1 amide bonds. The van der Waals surface area contributed by atoms with Gasteiger partial charge >= 0.3 is 0 Å². The molecule has 7 heteroatoms. The van der Waals surface area contributed by atoms with Crippen LogP contribution in [0.3, 0.4) is 0 Å². The summed E-state index contributed by atoms with van der Waals surface area (Å²) in [5, 5.41) is 3.43. The van der Waals surface area contributed by atoms with Crippen molar-refractivity contribution < 1.29 is 9.53 Å². The van der Waals surface area contributed by atoms with Gasteiger partial charge < -0.3 is 15.0 Å². The molecule has 3 aromatic carbocycles. The molecule has 0 aliphatic carbocycles.